The summed E-state index contributed by atoms with van der Waals surface area (Å²) < 4.78 is 0. The first-order valence-electron chi connectivity index (χ1n) is 5.40. The minimum absolute atomic E-state index is 0.620. The van der Waals surface area contributed by atoms with Crippen LogP contribution in [0.2, 0.25) is 0 Å². The lowest BCUT2D eigenvalue weighted by Gasteiger charge is -2.22. The van der Waals surface area contributed by atoms with Gasteiger partial charge in [0.05, 0.1) is 12.4 Å². The molecule has 0 aromatic carbocycles. The fourth-order valence-corrected chi connectivity index (χ4v) is 1.67. The lowest BCUT2D eigenvalue weighted by molar-refractivity contribution is 0.748. The number of rotatable bonds is 5. The summed E-state index contributed by atoms with van der Waals surface area (Å²) in [6, 6.07) is 0.660. The highest BCUT2D eigenvalue weighted by Crippen LogP contribution is 2.30. The van der Waals surface area contributed by atoms with E-state index in [-0.39, 0.29) is 0 Å². The van der Waals surface area contributed by atoms with Gasteiger partial charge < -0.3 is 10.3 Å². The van der Waals surface area contributed by atoms with Crippen molar-refractivity contribution in [2.24, 2.45) is 5.84 Å². The van der Waals surface area contributed by atoms with Crippen LogP contribution in [-0.2, 0) is 0 Å². The van der Waals surface area contributed by atoms with Crippen molar-refractivity contribution in [3.63, 3.8) is 0 Å². The second-order valence-electron chi connectivity index (χ2n) is 3.83. The molecule has 0 atom stereocenters. The molecule has 82 valence electrons. The Morgan fingerprint density at radius 1 is 1.53 bits per heavy atom. The molecule has 3 N–H and O–H groups in total. The average Bonchev–Trinajstić information content (AvgIpc) is 3.10. The summed E-state index contributed by atoms with van der Waals surface area (Å²) in [7, 11) is 0. The van der Waals surface area contributed by atoms with E-state index in [4.69, 9.17) is 5.84 Å². The van der Waals surface area contributed by atoms with E-state index in [0.717, 1.165) is 18.8 Å². The van der Waals surface area contributed by atoms with Gasteiger partial charge >= 0.3 is 0 Å². The molecule has 0 bridgehead atoms. The van der Waals surface area contributed by atoms with Gasteiger partial charge in [-0.1, -0.05) is 6.92 Å². The summed E-state index contributed by atoms with van der Waals surface area (Å²) in [5.41, 5.74) is 2.52. The van der Waals surface area contributed by atoms with E-state index in [1.54, 1.807) is 12.4 Å². The molecule has 2 rings (SSSR count). The molecule has 1 fully saturated rings. The first-order chi connectivity index (χ1) is 7.35. The second-order valence-corrected chi connectivity index (χ2v) is 3.83. The van der Waals surface area contributed by atoms with E-state index in [9.17, 15) is 0 Å². The van der Waals surface area contributed by atoms with Crippen molar-refractivity contribution in [3.05, 3.63) is 12.4 Å². The molecule has 1 aliphatic carbocycles. The minimum Gasteiger partial charge on any atom is -0.352 e. The Balaban J connectivity index is 2.16. The fraction of sp³-hybridized carbons (Fsp3) is 0.600. The maximum atomic E-state index is 5.31. The number of anilines is 2. The number of hydrogen-bond acceptors (Lipinski definition) is 5. The molecule has 1 heterocycles. The largest absolute Gasteiger partial charge is 0.352 e. The van der Waals surface area contributed by atoms with Gasteiger partial charge in [-0.3, -0.25) is 4.98 Å². The molecule has 15 heavy (non-hydrogen) atoms. The van der Waals surface area contributed by atoms with Crippen molar-refractivity contribution in [2.75, 3.05) is 16.9 Å². The van der Waals surface area contributed by atoms with Crippen molar-refractivity contribution in [1.29, 1.82) is 0 Å². The van der Waals surface area contributed by atoms with Gasteiger partial charge in [0.25, 0.3) is 0 Å². The molecule has 0 unspecified atom stereocenters. The van der Waals surface area contributed by atoms with Crippen LogP contribution in [0.4, 0.5) is 11.6 Å². The Hall–Kier alpha value is -1.36. The van der Waals surface area contributed by atoms with Crippen LogP contribution in [0, 0.1) is 0 Å². The van der Waals surface area contributed by atoms with Crippen molar-refractivity contribution in [3.8, 4) is 0 Å². The van der Waals surface area contributed by atoms with E-state index in [1.807, 2.05) is 0 Å². The number of nitrogen functional groups attached to an aromatic ring is 1. The number of hydrazine groups is 1. The number of aromatic nitrogens is 2. The van der Waals surface area contributed by atoms with E-state index in [2.05, 4.69) is 27.2 Å². The number of hydrogen-bond donors (Lipinski definition) is 2. The molecule has 0 amide bonds. The van der Waals surface area contributed by atoms with Crippen LogP contribution in [0.5, 0.6) is 0 Å². The number of nitrogens with zero attached hydrogens (tertiary/aromatic N) is 3. The van der Waals surface area contributed by atoms with Crippen molar-refractivity contribution in [1.82, 2.24) is 9.97 Å². The second kappa shape index (κ2) is 4.44. The lowest BCUT2D eigenvalue weighted by atomic mass is 10.4. The third-order valence-electron chi connectivity index (χ3n) is 2.52. The van der Waals surface area contributed by atoms with Crippen LogP contribution in [-0.4, -0.2) is 22.6 Å². The van der Waals surface area contributed by atoms with E-state index in [1.165, 1.54) is 12.8 Å². The molecular formula is C10H17N5. The van der Waals surface area contributed by atoms with E-state index >= 15 is 0 Å². The van der Waals surface area contributed by atoms with Crippen LogP contribution in [0.3, 0.4) is 0 Å². The fourth-order valence-electron chi connectivity index (χ4n) is 1.67. The summed E-state index contributed by atoms with van der Waals surface area (Å²) in [6.07, 6.45) is 7.08. The van der Waals surface area contributed by atoms with Gasteiger partial charge in [-0.15, -0.1) is 0 Å². The van der Waals surface area contributed by atoms with Crippen LogP contribution in [0.15, 0.2) is 12.4 Å². The summed E-state index contributed by atoms with van der Waals surface area (Å²) >= 11 is 0. The zero-order valence-electron chi connectivity index (χ0n) is 8.98. The Morgan fingerprint density at radius 2 is 2.33 bits per heavy atom. The molecule has 5 heteroatoms. The third-order valence-corrected chi connectivity index (χ3v) is 2.52. The van der Waals surface area contributed by atoms with Gasteiger partial charge in [0.2, 0.25) is 0 Å². The quantitative estimate of drug-likeness (QED) is 0.560. The monoisotopic (exact) mass is 207 g/mol. The molecule has 0 saturated heterocycles. The zero-order chi connectivity index (χ0) is 10.7. The topological polar surface area (TPSA) is 67.1 Å². The van der Waals surface area contributed by atoms with Crippen molar-refractivity contribution >= 4 is 11.6 Å². The van der Waals surface area contributed by atoms with Crippen LogP contribution < -0.4 is 16.2 Å². The summed E-state index contributed by atoms with van der Waals surface area (Å²) in [6.45, 7) is 3.21. The van der Waals surface area contributed by atoms with Crippen molar-refractivity contribution in [2.45, 2.75) is 32.2 Å². The first kappa shape index (κ1) is 10.2. The molecule has 0 spiro atoms. The highest BCUT2D eigenvalue weighted by atomic mass is 15.3. The third kappa shape index (κ3) is 2.36. The predicted octanol–water partition coefficient (Wildman–Crippen LogP) is 1.14. The highest BCUT2D eigenvalue weighted by Gasteiger charge is 2.29. The summed E-state index contributed by atoms with van der Waals surface area (Å²) in [4.78, 5) is 10.8. The Bertz CT molecular complexity index is 323. The van der Waals surface area contributed by atoms with Gasteiger partial charge in [-0.25, -0.2) is 10.8 Å². The van der Waals surface area contributed by atoms with Crippen LogP contribution >= 0.6 is 0 Å². The number of nitrogens with two attached hydrogens (primary N) is 1. The normalized spacial score (nSPS) is 15.1. The molecule has 1 aromatic rings. The maximum Gasteiger partial charge on any atom is 0.160 e. The van der Waals surface area contributed by atoms with Gasteiger partial charge in [0, 0.05) is 12.6 Å². The highest BCUT2D eigenvalue weighted by molar-refractivity contribution is 5.45. The molecule has 1 aliphatic rings. The Kier molecular flexibility index (Phi) is 3.01. The smallest absolute Gasteiger partial charge is 0.160 e. The minimum atomic E-state index is 0.620. The van der Waals surface area contributed by atoms with Gasteiger partial charge in [0.15, 0.2) is 5.82 Å². The summed E-state index contributed by atoms with van der Waals surface area (Å²) in [5, 5.41) is 0. The Morgan fingerprint density at radius 3 is 2.93 bits per heavy atom. The van der Waals surface area contributed by atoms with Crippen LogP contribution in [0.25, 0.3) is 0 Å². The molecular weight excluding hydrogens is 190 g/mol. The summed E-state index contributed by atoms with van der Waals surface area (Å²) in [5.74, 6) is 6.86. The molecule has 0 radical (unpaired) electrons. The Labute approximate surface area is 89.7 Å². The first-order valence-corrected chi connectivity index (χ1v) is 5.40. The standard InChI is InChI=1S/C10H17N5/c1-2-5-15(8-3-4-8)10-7-12-6-9(13-10)14-11/h6-8H,2-5,11H2,1H3,(H,13,14). The van der Waals surface area contributed by atoms with Gasteiger partial charge in [-0.05, 0) is 19.3 Å². The predicted molar refractivity (Wildman–Crippen MR) is 60.5 cm³/mol. The van der Waals surface area contributed by atoms with Crippen LogP contribution in [0.1, 0.15) is 26.2 Å². The molecule has 0 aliphatic heterocycles. The maximum absolute atomic E-state index is 5.31. The molecule has 1 saturated carbocycles. The number of nitrogens with one attached hydrogen (secondary N) is 1. The molecule has 5 nitrogen and oxygen atoms in total. The average molecular weight is 207 g/mol. The van der Waals surface area contributed by atoms with E-state index < -0.39 is 0 Å². The SMILES string of the molecule is CCCN(c1cncc(NN)n1)C1CC1. The van der Waals surface area contributed by atoms with E-state index in [0.29, 0.717) is 11.9 Å². The van der Waals surface area contributed by atoms with Crippen molar-refractivity contribution < 1.29 is 0 Å². The van der Waals surface area contributed by atoms with Gasteiger partial charge in [0.1, 0.15) is 5.82 Å². The lowest BCUT2D eigenvalue weighted by Crippen LogP contribution is -2.27. The molecule has 1 aromatic heterocycles. The van der Waals surface area contributed by atoms with Gasteiger partial charge in [-0.2, -0.15) is 0 Å². The zero-order valence-corrected chi connectivity index (χ0v) is 8.98.